The zero-order valence-corrected chi connectivity index (χ0v) is 15.5. The van der Waals surface area contributed by atoms with Crippen LogP contribution in [0, 0.1) is 0 Å². The number of aromatic nitrogens is 3. The highest BCUT2D eigenvalue weighted by Gasteiger charge is 2.10. The molecule has 2 aromatic heterocycles. The van der Waals surface area contributed by atoms with Crippen molar-refractivity contribution in [3.05, 3.63) is 59.7 Å². The first-order valence-electron chi connectivity index (χ1n) is 8.09. The van der Waals surface area contributed by atoms with E-state index >= 15 is 0 Å². The molecule has 1 N–H and O–H groups in total. The van der Waals surface area contributed by atoms with E-state index in [2.05, 4.69) is 20.4 Å². The number of rotatable bonds is 8. The number of benzene rings is 1. The van der Waals surface area contributed by atoms with Gasteiger partial charge in [-0.2, -0.15) is 4.98 Å². The molecule has 0 radical (unpaired) electrons. The average molecular weight is 389 g/mol. The number of nitrogens with zero attached hydrogens (tertiary/aromatic N) is 3. The second kappa shape index (κ2) is 9.35. The Kier molecular flexibility index (Phi) is 6.62. The van der Waals surface area contributed by atoms with Gasteiger partial charge in [-0.1, -0.05) is 16.8 Å². The van der Waals surface area contributed by atoms with E-state index in [1.807, 2.05) is 30.3 Å². The monoisotopic (exact) mass is 388 g/mol. The Morgan fingerprint density at radius 3 is 2.85 bits per heavy atom. The molecule has 0 atom stereocenters. The molecule has 6 nitrogen and oxygen atoms in total. The lowest BCUT2D eigenvalue weighted by Crippen LogP contribution is -2.25. The molecule has 2 heterocycles. The van der Waals surface area contributed by atoms with Gasteiger partial charge in [0, 0.05) is 53.0 Å². The van der Waals surface area contributed by atoms with Crippen LogP contribution in [0.5, 0.6) is 0 Å². The predicted octanol–water partition coefficient (Wildman–Crippen LogP) is 3.63. The number of hydrogen-bond donors (Lipinski definition) is 1. The van der Waals surface area contributed by atoms with Crippen LogP contribution < -0.4 is 5.32 Å². The van der Waals surface area contributed by atoms with Gasteiger partial charge in [-0.05, 0) is 36.4 Å². The Balaban J connectivity index is 1.36. The van der Waals surface area contributed by atoms with Crippen molar-refractivity contribution in [1.82, 2.24) is 20.4 Å². The minimum Gasteiger partial charge on any atom is -0.355 e. The summed E-state index contributed by atoms with van der Waals surface area (Å²) in [6.45, 7) is 0.594. The van der Waals surface area contributed by atoms with Crippen LogP contribution in [-0.2, 0) is 11.2 Å². The van der Waals surface area contributed by atoms with Crippen LogP contribution in [0.1, 0.15) is 12.3 Å². The number of thioether (sulfide) groups is 1. The molecule has 26 heavy (non-hydrogen) atoms. The summed E-state index contributed by atoms with van der Waals surface area (Å²) in [5.74, 6) is 1.67. The van der Waals surface area contributed by atoms with Crippen molar-refractivity contribution in [2.45, 2.75) is 17.7 Å². The molecule has 0 saturated carbocycles. The number of halogens is 1. The number of carbonyl (C=O) groups excluding carboxylic acids is 1. The topological polar surface area (TPSA) is 80.9 Å². The quantitative estimate of drug-likeness (QED) is 0.469. The zero-order chi connectivity index (χ0) is 18.2. The highest BCUT2D eigenvalue weighted by molar-refractivity contribution is 7.99. The van der Waals surface area contributed by atoms with E-state index in [0.29, 0.717) is 31.1 Å². The average Bonchev–Trinajstić information content (AvgIpc) is 3.15. The fourth-order valence-electron chi connectivity index (χ4n) is 2.17. The van der Waals surface area contributed by atoms with E-state index in [0.717, 1.165) is 21.2 Å². The lowest BCUT2D eigenvalue weighted by molar-refractivity contribution is -0.121. The minimum atomic E-state index is -0.0390. The highest BCUT2D eigenvalue weighted by atomic mass is 35.5. The van der Waals surface area contributed by atoms with Crippen LogP contribution in [0.25, 0.3) is 11.4 Å². The Morgan fingerprint density at radius 1 is 1.23 bits per heavy atom. The molecule has 134 valence electrons. The van der Waals surface area contributed by atoms with Crippen LogP contribution in [0.2, 0.25) is 5.02 Å². The van der Waals surface area contributed by atoms with E-state index in [-0.39, 0.29) is 5.91 Å². The van der Waals surface area contributed by atoms with Gasteiger partial charge in [0.25, 0.3) is 0 Å². The van der Waals surface area contributed by atoms with E-state index in [9.17, 15) is 4.79 Å². The zero-order valence-electron chi connectivity index (χ0n) is 13.9. The minimum absolute atomic E-state index is 0.0390. The molecular weight excluding hydrogens is 372 g/mol. The van der Waals surface area contributed by atoms with Gasteiger partial charge in [0.05, 0.1) is 0 Å². The van der Waals surface area contributed by atoms with Crippen molar-refractivity contribution < 1.29 is 9.32 Å². The lowest BCUT2D eigenvalue weighted by atomic mass is 10.2. The number of pyridine rings is 1. The summed E-state index contributed by atoms with van der Waals surface area (Å²) in [6, 6.07) is 11.3. The predicted molar refractivity (Wildman–Crippen MR) is 101 cm³/mol. The van der Waals surface area contributed by atoms with Crippen LogP contribution in [0.4, 0.5) is 0 Å². The van der Waals surface area contributed by atoms with Gasteiger partial charge in [0.2, 0.25) is 17.6 Å². The summed E-state index contributed by atoms with van der Waals surface area (Å²) in [7, 11) is 0. The molecule has 3 aromatic rings. The number of amides is 1. The maximum absolute atomic E-state index is 11.9. The molecule has 0 unspecified atom stereocenters. The van der Waals surface area contributed by atoms with Crippen molar-refractivity contribution in [2.24, 2.45) is 0 Å². The van der Waals surface area contributed by atoms with E-state index < -0.39 is 0 Å². The Bertz CT molecular complexity index is 840. The molecule has 1 aromatic carbocycles. The second-order valence-corrected chi connectivity index (χ2v) is 7.01. The second-order valence-electron chi connectivity index (χ2n) is 5.41. The number of nitrogens with one attached hydrogen (secondary N) is 1. The first-order chi connectivity index (χ1) is 12.7. The molecule has 3 rings (SSSR count). The van der Waals surface area contributed by atoms with Crippen LogP contribution in [-0.4, -0.2) is 33.3 Å². The van der Waals surface area contributed by atoms with Gasteiger partial charge in [0.15, 0.2) is 0 Å². The molecule has 0 aliphatic heterocycles. The van der Waals surface area contributed by atoms with Crippen LogP contribution in [0.3, 0.4) is 0 Å². The molecule has 0 saturated heterocycles. The largest absolute Gasteiger partial charge is 0.355 e. The van der Waals surface area contributed by atoms with Crippen LogP contribution in [0.15, 0.2) is 58.2 Å². The maximum atomic E-state index is 11.9. The standard InChI is InChI=1S/C18H17ClN4O2S/c19-14-3-5-15(6-4-14)26-11-10-21-16(24)7-8-17-22-18(23-25-17)13-2-1-9-20-12-13/h1-6,9,12H,7-8,10-11H2,(H,21,24). The van der Waals surface area contributed by atoms with Gasteiger partial charge >= 0.3 is 0 Å². The first-order valence-corrected chi connectivity index (χ1v) is 9.45. The fourth-order valence-corrected chi connectivity index (χ4v) is 3.06. The first kappa shape index (κ1) is 18.4. The third kappa shape index (κ3) is 5.57. The summed E-state index contributed by atoms with van der Waals surface area (Å²) in [5, 5.41) is 7.51. The lowest BCUT2D eigenvalue weighted by Gasteiger charge is -2.04. The van der Waals surface area contributed by atoms with E-state index in [1.165, 1.54) is 0 Å². The Hall–Kier alpha value is -2.38. The van der Waals surface area contributed by atoms with Gasteiger partial charge in [0.1, 0.15) is 0 Å². The van der Waals surface area contributed by atoms with Crippen molar-refractivity contribution >= 4 is 29.3 Å². The van der Waals surface area contributed by atoms with Gasteiger partial charge in [-0.3, -0.25) is 9.78 Å². The van der Waals surface area contributed by atoms with E-state index in [1.54, 1.807) is 30.2 Å². The van der Waals surface area contributed by atoms with Gasteiger partial charge in [-0.25, -0.2) is 0 Å². The molecule has 0 aliphatic rings. The third-order valence-electron chi connectivity index (χ3n) is 3.46. The fraction of sp³-hybridized carbons (Fsp3) is 0.222. The van der Waals surface area contributed by atoms with Crippen molar-refractivity contribution in [2.75, 3.05) is 12.3 Å². The highest BCUT2D eigenvalue weighted by Crippen LogP contribution is 2.19. The number of carbonyl (C=O) groups is 1. The van der Waals surface area contributed by atoms with Gasteiger partial charge < -0.3 is 9.84 Å². The summed E-state index contributed by atoms with van der Waals surface area (Å²) >= 11 is 7.52. The molecule has 8 heteroatoms. The number of hydrogen-bond acceptors (Lipinski definition) is 6. The molecule has 0 aliphatic carbocycles. The molecule has 0 bridgehead atoms. The molecule has 0 spiro atoms. The summed E-state index contributed by atoms with van der Waals surface area (Å²) in [6.07, 6.45) is 4.06. The SMILES string of the molecule is O=C(CCc1nc(-c2cccnc2)no1)NCCSc1ccc(Cl)cc1. The van der Waals surface area contributed by atoms with E-state index in [4.69, 9.17) is 16.1 Å². The third-order valence-corrected chi connectivity index (χ3v) is 4.73. The molecular formula is C18H17ClN4O2S. The summed E-state index contributed by atoms with van der Waals surface area (Å²) in [5.41, 5.74) is 0.783. The van der Waals surface area contributed by atoms with Crippen molar-refractivity contribution in [1.29, 1.82) is 0 Å². The Labute approximate surface area is 160 Å². The van der Waals surface area contributed by atoms with Crippen molar-refractivity contribution in [3.63, 3.8) is 0 Å². The smallest absolute Gasteiger partial charge is 0.227 e. The van der Waals surface area contributed by atoms with Crippen LogP contribution >= 0.6 is 23.4 Å². The van der Waals surface area contributed by atoms with Gasteiger partial charge in [-0.15, -0.1) is 11.8 Å². The Morgan fingerprint density at radius 2 is 2.08 bits per heavy atom. The molecule has 0 fully saturated rings. The summed E-state index contributed by atoms with van der Waals surface area (Å²) in [4.78, 5) is 21.3. The number of aryl methyl sites for hydroxylation is 1. The maximum Gasteiger partial charge on any atom is 0.227 e. The summed E-state index contributed by atoms with van der Waals surface area (Å²) < 4.78 is 5.18. The normalized spacial score (nSPS) is 10.7. The molecule has 1 amide bonds. The van der Waals surface area contributed by atoms with Crippen molar-refractivity contribution in [3.8, 4) is 11.4 Å².